The van der Waals surface area contributed by atoms with Gasteiger partial charge in [-0.15, -0.1) is 0 Å². The molecular weight excluding hydrogens is 372 g/mol. The molecule has 0 bridgehead atoms. The van der Waals surface area contributed by atoms with Crippen molar-refractivity contribution in [3.8, 4) is 0 Å². The number of rotatable bonds is 7. The predicted octanol–water partition coefficient (Wildman–Crippen LogP) is 4.81. The van der Waals surface area contributed by atoms with Crippen molar-refractivity contribution in [1.29, 1.82) is 0 Å². The van der Waals surface area contributed by atoms with Gasteiger partial charge >= 0.3 is 0 Å². The standard InChI is InChI=1S/C21H26N2O3S.CH4/c1-2-27(25,26)18-12-10-17(11-13-18)19(15-16-7-3-4-8-16)21(24)23-20-9-5-6-14-22-20;/h5-6,9-14,16,19H,2-4,7-8,15H2,1H3,(H,22,23,24);1H4. The van der Waals surface area contributed by atoms with Crippen molar-refractivity contribution >= 4 is 21.6 Å². The molecule has 1 fully saturated rings. The van der Waals surface area contributed by atoms with Crippen LogP contribution in [0.3, 0.4) is 0 Å². The lowest BCUT2D eigenvalue weighted by atomic mass is 9.87. The van der Waals surface area contributed by atoms with E-state index in [9.17, 15) is 13.2 Å². The summed E-state index contributed by atoms with van der Waals surface area (Å²) >= 11 is 0. The highest BCUT2D eigenvalue weighted by atomic mass is 32.2. The predicted molar refractivity (Wildman–Crippen MR) is 113 cm³/mol. The quantitative estimate of drug-likeness (QED) is 0.721. The van der Waals surface area contributed by atoms with Crippen LogP contribution in [0, 0.1) is 5.92 Å². The van der Waals surface area contributed by atoms with Gasteiger partial charge < -0.3 is 5.32 Å². The van der Waals surface area contributed by atoms with Crippen LogP contribution in [-0.2, 0) is 14.6 Å². The zero-order valence-corrected chi connectivity index (χ0v) is 16.4. The van der Waals surface area contributed by atoms with E-state index in [0.717, 1.165) is 24.8 Å². The summed E-state index contributed by atoms with van der Waals surface area (Å²) in [5.74, 6) is 0.727. The molecule has 28 heavy (non-hydrogen) atoms. The van der Waals surface area contributed by atoms with Gasteiger partial charge in [0.05, 0.1) is 16.6 Å². The van der Waals surface area contributed by atoms with Crippen LogP contribution in [0.15, 0.2) is 53.6 Å². The minimum Gasteiger partial charge on any atom is -0.310 e. The number of nitrogens with zero attached hydrogens (tertiary/aromatic N) is 1. The molecule has 0 radical (unpaired) electrons. The maximum absolute atomic E-state index is 13.0. The molecule has 1 unspecified atom stereocenters. The van der Waals surface area contributed by atoms with Crippen molar-refractivity contribution < 1.29 is 13.2 Å². The number of sulfone groups is 1. The normalized spacial score (nSPS) is 15.6. The van der Waals surface area contributed by atoms with Gasteiger partial charge in [0, 0.05) is 6.20 Å². The van der Waals surface area contributed by atoms with Crippen molar-refractivity contribution in [2.45, 2.75) is 57.3 Å². The molecule has 152 valence electrons. The monoisotopic (exact) mass is 402 g/mol. The minimum absolute atomic E-state index is 0. The van der Waals surface area contributed by atoms with Crippen LogP contribution in [0.2, 0.25) is 0 Å². The molecule has 3 rings (SSSR count). The van der Waals surface area contributed by atoms with Gasteiger partial charge in [0.15, 0.2) is 9.84 Å². The Morgan fingerprint density at radius 2 is 1.82 bits per heavy atom. The second-order valence-corrected chi connectivity index (χ2v) is 9.39. The van der Waals surface area contributed by atoms with Gasteiger partial charge in [0.1, 0.15) is 5.82 Å². The average molecular weight is 403 g/mol. The van der Waals surface area contributed by atoms with Crippen molar-refractivity contribution in [2.75, 3.05) is 11.1 Å². The number of amides is 1. The summed E-state index contributed by atoms with van der Waals surface area (Å²) in [4.78, 5) is 17.4. The number of carbonyl (C=O) groups is 1. The van der Waals surface area contributed by atoms with Gasteiger partial charge in [0.2, 0.25) is 5.91 Å². The van der Waals surface area contributed by atoms with Gasteiger partial charge in [-0.3, -0.25) is 4.79 Å². The van der Waals surface area contributed by atoms with E-state index >= 15 is 0 Å². The second-order valence-electron chi connectivity index (χ2n) is 7.12. The molecule has 6 heteroatoms. The molecule has 1 heterocycles. The second kappa shape index (κ2) is 9.82. The number of hydrogen-bond acceptors (Lipinski definition) is 4. The van der Waals surface area contributed by atoms with Crippen LogP contribution in [0.4, 0.5) is 5.82 Å². The molecule has 0 spiro atoms. The van der Waals surface area contributed by atoms with E-state index in [0.29, 0.717) is 16.6 Å². The van der Waals surface area contributed by atoms with Crippen LogP contribution >= 0.6 is 0 Å². The SMILES string of the molecule is C.CCS(=O)(=O)c1ccc(C(CC2CCCC2)C(=O)Nc2ccccn2)cc1. The average Bonchev–Trinajstić information content (AvgIpc) is 3.20. The molecule has 1 aliphatic carbocycles. The summed E-state index contributed by atoms with van der Waals surface area (Å²) in [7, 11) is -3.24. The highest BCUT2D eigenvalue weighted by molar-refractivity contribution is 7.91. The number of benzene rings is 1. The van der Waals surface area contributed by atoms with Crippen molar-refractivity contribution in [3.05, 3.63) is 54.2 Å². The summed E-state index contributed by atoms with van der Waals surface area (Å²) in [6.45, 7) is 1.63. The summed E-state index contributed by atoms with van der Waals surface area (Å²) in [5.41, 5.74) is 0.852. The van der Waals surface area contributed by atoms with E-state index in [2.05, 4.69) is 10.3 Å². The summed E-state index contributed by atoms with van der Waals surface area (Å²) in [6, 6.07) is 12.2. The molecule has 0 saturated heterocycles. The lowest BCUT2D eigenvalue weighted by Gasteiger charge is -2.21. The fourth-order valence-corrected chi connectivity index (χ4v) is 4.58. The van der Waals surface area contributed by atoms with Gasteiger partial charge in [-0.05, 0) is 42.2 Å². The Hall–Kier alpha value is -2.21. The first-order valence-corrected chi connectivity index (χ1v) is 11.2. The summed E-state index contributed by atoms with van der Waals surface area (Å²) in [5, 5.41) is 2.90. The number of anilines is 1. The lowest BCUT2D eigenvalue weighted by Crippen LogP contribution is -2.23. The molecule has 1 atom stereocenters. The molecule has 1 aromatic carbocycles. The molecule has 1 amide bonds. The minimum atomic E-state index is -3.24. The number of hydrogen-bond donors (Lipinski definition) is 1. The van der Waals surface area contributed by atoms with Gasteiger partial charge in [-0.1, -0.05) is 58.2 Å². The van der Waals surface area contributed by atoms with E-state index in [4.69, 9.17) is 0 Å². The molecule has 1 N–H and O–H groups in total. The third-order valence-corrected chi connectivity index (χ3v) is 7.05. The largest absolute Gasteiger partial charge is 0.310 e. The topological polar surface area (TPSA) is 76.1 Å². The van der Waals surface area contributed by atoms with Gasteiger partial charge in [-0.25, -0.2) is 13.4 Å². The van der Waals surface area contributed by atoms with E-state index in [1.165, 1.54) is 12.8 Å². The van der Waals surface area contributed by atoms with E-state index in [1.807, 2.05) is 6.07 Å². The smallest absolute Gasteiger partial charge is 0.233 e. The molecule has 5 nitrogen and oxygen atoms in total. The fraction of sp³-hybridized carbons (Fsp3) is 0.455. The van der Waals surface area contributed by atoms with Crippen molar-refractivity contribution in [1.82, 2.24) is 4.98 Å². The third kappa shape index (κ3) is 5.41. The van der Waals surface area contributed by atoms with Crippen LogP contribution in [0.1, 0.15) is 57.9 Å². The number of carbonyl (C=O) groups excluding carboxylic acids is 1. The number of aromatic nitrogens is 1. The number of nitrogens with one attached hydrogen (secondary N) is 1. The van der Waals surface area contributed by atoms with Gasteiger partial charge in [-0.2, -0.15) is 0 Å². The Morgan fingerprint density at radius 3 is 2.39 bits per heavy atom. The maximum Gasteiger partial charge on any atom is 0.233 e. The third-order valence-electron chi connectivity index (χ3n) is 5.30. The van der Waals surface area contributed by atoms with E-state index < -0.39 is 9.84 Å². The van der Waals surface area contributed by atoms with E-state index in [-0.39, 0.29) is 25.0 Å². The van der Waals surface area contributed by atoms with E-state index in [1.54, 1.807) is 49.5 Å². The first kappa shape index (κ1) is 22.1. The summed E-state index contributed by atoms with van der Waals surface area (Å²) < 4.78 is 24.1. The molecule has 1 saturated carbocycles. The molecule has 1 aliphatic rings. The van der Waals surface area contributed by atoms with Crippen LogP contribution in [-0.4, -0.2) is 25.1 Å². The lowest BCUT2D eigenvalue weighted by molar-refractivity contribution is -0.118. The summed E-state index contributed by atoms with van der Waals surface area (Å²) in [6.07, 6.45) is 7.15. The van der Waals surface area contributed by atoms with Crippen molar-refractivity contribution in [2.24, 2.45) is 5.92 Å². The zero-order chi connectivity index (χ0) is 19.3. The highest BCUT2D eigenvalue weighted by Gasteiger charge is 2.27. The Labute approximate surface area is 168 Å². The highest BCUT2D eigenvalue weighted by Crippen LogP contribution is 2.35. The van der Waals surface area contributed by atoms with Crippen molar-refractivity contribution in [3.63, 3.8) is 0 Å². The first-order chi connectivity index (χ1) is 13.0. The number of pyridine rings is 1. The Bertz CT molecular complexity index is 858. The first-order valence-electron chi connectivity index (χ1n) is 9.54. The zero-order valence-electron chi connectivity index (χ0n) is 15.6. The van der Waals surface area contributed by atoms with Crippen LogP contribution < -0.4 is 5.32 Å². The maximum atomic E-state index is 13.0. The van der Waals surface area contributed by atoms with Gasteiger partial charge in [0.25, 0.3) is 0 Å². The Balaban J connectivity index is 0.00000280. The molecule has 2 aromatic rings. The Kier molecular flexibility index (Phi) is 7.75. The molecule has 0 aliphatic heterocycles. The van der Waals surface area contributed by atoms with Crippen LogP contribution in [0.5, 0.6) is 0 Å². The Morgan fingerprint density at radius 1 is 1.14 bits per heavy atom. The molecule has 1 aromatic heterocycles. The molecular formula is C22H30N2O3S. The van der Waals surface area contributed by atoms with Crippen LogP contribution in [0.25, 0.3) is 0 Å². The fourth-order valence-electron chi connectivity index (χ4n) is 3.70.